The fourth-order valence-corrected chi connectivity index (χ4v) is 3.16. The standard InChI is InChI=1S/C13H15NO/c1-14-12(15)7-9-13(14)8-6-10-4-2-3-5-11(10)13/h2-5H,6-9H2,1H3. The molecule has 1 heterocycles. The lowest BCUT2D eigenvalue weighted by Crippen LogP contribution is -2.38. The maximum atomic E-state index is 11.7. The zero-order valence-corrected chi connectivity index (χ0v) is 8.99. The van der Waals surface area contributed by atoms with Crippen LogP contribution in [0.15, 0.2) is 24.3 Å². The minimum atomic E-state index is 0.0354. The Morgan fingerprint density at radius 1 is 1.20 bits per heavy atom. The van der Waals surface area contributed by atoms with Gasteiger partial charge in [-0.2, -0.15) is 0 Å². The molecule has 0 aromatic heterocycles. The molecule has 2 heteroatoms. The van der Waals surface area contributed by atoms with Crippen LogP contribution < -0.4 is 0 Å². The van der Waals surface area contributed by atoms with E-state index in [9.17, 15) is 4.79 Å². The van der Waals surface area contributed by atoms with Crippen molar-refractivity contribution in [2.45, 2.75) is 31.2 Å². The van der Waals surface area contributed by atoms with E-state index in [4.69, 9.17) is 0 Å². The molecule has 2 nitrogen and oxygen atoms in total. The van der Waals surface area contributed by atoms with Crippen molar-refractivity contribution in [1.82, 2.24) is 4.90 Å². The van der Waals surface area contributed by atoms with Crippen molar-refractivity contribution >= 4 is 5.91 Å². The van der Waals surface area contributed by atoms with Crippen LogP contribution in [-0.4, -0.2) is 17.9 Å². The molecule has 1 saturated heterocycles. The highest BCUT2D eigenvalue weighted by Gasteiger charge is 2.47. The highest BCUT2D eigenvalue weighted by atomic mass is 16.2. The summed E-state index contributed by atoms with van der Waals surface area (Å²) in [6.07, 6.45) is 3.94. The smallest absolute Gasteiger partial charge is 0.223 e. The highest BCUT2D eigenvalue weighted by molar-refractivity contribution is 5.80. The molecule has 3 rings (SSSR count). The maximum Gasteiger partial charge on any atom is 0.223 e. The molecule has 1 amide bonds. The third kappa shape index (κ3) is 1.02. The van der Waals surface area contributed by atoms with Crippen LogP contribution in [0, 0.1) is 0 Å². The Labute approximate surface area is 89.9 Å². The molecule has 0 saturated carbocycles. The molecule has 0 radical (unpaired) electrons. The lowest BCUT2D eigenvalue weighted by molar-refractivity contribution is -0.129. The Morgan fingerprint density at radius 3 is 2.67 bits per heavy atom. The fraction of sp³-hybridized carbons (Fsp3) is 0.462. The number of carbonyl (C=O) groups is 1. The summed E-state index contributed by atoms with van der Waals surface area (Å²) in [5, 5.41) is 0. The molecular formula is C13H15NO. The van der Waals surface area contributed by atoms with Crippen molar-refractivity contribution in [1.29, 1.82) is 0 Å². The van der Waals surface area contributed by atoms with Gasteiger partial charge in [-0.3, -0.25) is 4.79 Å². The van der Waals surface area contributed by atoms with Crippen molar-refractivity contribution in [3.63, 3.8) is 0 Å². The number of aryl methyl sites for hydroxylation is 1. The Bertz CT molecular complexity index is 426. The average molecular weight is 201 g/mol. The van der Waals surface area contributed by atoms with E-state index in [0.29, 0.717) is 12.3 Å². The Hall–Kier alpha value is -1.31. The number of rotatable bonds is 0. The molecule has 1 aromatic rings. The van der Waals surface area contributed by atoms with Gasteiger partial charge in [-0.25, -0.2) is 0 Å². The predicted octanol–water partition coefficient (Wildman–Crippen LogP) is 2.08. The minimum Gasteiger partial charge on any atom is -0.336 e. The number of amides is 1. The number of benzene rings is 1. The van der Waals surface area contributed by atoms with Crippen LogP contribution in [0.5, 0.6) is 0 Å². The van der Waals surface area contributed by atoms with E-state index >= 15 is 0 Å². The van der Waals surface area contributed by atoms with Crippen LogP contribution in [0.2, 0.25) is 0 Å². The van der Waals surface area contributed by atoms with Crippen LogP contribution in [0.1, 0.15) is 30.4 Å². The second-order valence-corrected chi connectivity index (χ2v) is 4.64. The first-order valence-corrected chi connectivity index (χ1v) is 5.59. The summed E-state index contributed by atoms with van der Waals surface area (Å²) in [6.45, 7) is 0. The summed E-state index contributed by atoms with van der Waals surface area (Å²) < 4.78 is 0. The van der Waals surface area contributed by atoms with Crippen molar-refractivity contribution < 1.29 is 4.79 Å². The molecule has 1 fully saturated rings. The number of fused-ring (bicyclic) bond motifs is 2. The van der Waals surface area contributed by atoms with Gasteiger partial charge in [0.15, 0.2) is 0 Å². The van der Waals surface area contributed by atoms with Gasteiger partial charge in [-0.1, -0.05) is 24.3 Å². The van der Waals surface area contributed by atoms with Crippen molar-refractivity contribution in [3.05, 3.63) is 35.4 Å². The largest absolute Gasteiger partial charge is 0.336 e. The molecule has 1 atom stereocenters. The summed E-state index contributed by atoms with van der Waals surface area (Å²) in [5.74, 6) is 0.298. The van der Waals surface area contributed by atoms with Crippen molar-refractivity contribution in [2.75, 3.05) is 7.05 Å². The van der Waals surface area contributed by atoms with Gasteiger partial charge in [0, 0.05) is 13.5 Å². The molecule has 2 aliphatic rings. The number of nitrogens with zero attached hydrogens (tertiary/aromatic N) is 1. The zero-order valence-electron chi connectivity index (χ0n) is 8.99. The maximum absolute atomic E-state index is 11.7. The number of hydrogen-bond acceptors (Lipinski definition) is 1. The zero-order chi connectivity index (χ0) is 10.5. The average Bonchev–Trinajstić information content (AvgIpc) is 2.77. The van der Waals surface area contributed by atoms with Crippen molar-refractivity contribution in [2.24, 2.45) is 0 Å². The summed E-state index contributed by atoms with van der Waals surface area (Å²) in [7, 11) is 1.96. The summed E-state index contributed by atoms with van der Waals surface area (Å²) in [5.41, 5.74) is 2.85. The number of hydrogen-bond donors (Lipinski definition) is 0. The number of carbonyl (C=O) groups excluding carboxylic acids is 1. The lowest BCUT2D eigenvalue weighted by atomic mass is 9.89. The highest BCUT2D eigenvalue weighted by Crippen LogP contribution is 2.47. The normalized spacial score (nSPS) is 28.9. The second-order valence-electron chi connectivity index (χ2n) is 4.64. The molecule has 1 aliphatic heterocycles. The summed E-state index contributed by atoms with van der Waals surface area (Å²) >= 11 is 0. The SMILES string of the molecule is CN1C(=O)CCC12CCc1ccccc12. The molecular weight excluding hydrogens is 186 g/mol. The Kier molecular flexibility index (Phi) is 1.70. The first kappa shape index (κ1) is 8.96. The molecule has 0 N–H and O–H groups in total. The number of likely N-dealkylation sites (tertiary alicyclic amines) is 1. The van der Waals surface area contributed by atoms with Crippen LogP contribution in [0.3, 0.4) is 0 Å². The fourth-order valence-electron chi connectivity index (χ4n) is 3.16. The van der Waals surface area contributed by atoms with Crippen molar-refractivity contribution in [3.8, 4) is 0 Å². The van der Waals surface area contributed by atoms with Gasteiger partial charge in [-0.15, -0.1) is 0 Å². The van der Waals surface area contributed by atoms with Gasteiger partial charge in [0.25, 0.3) is 0 Å². The van der Waals surface area contributed by atoms with Gasteiger partial charge in [0.1, 0.15) is 0 Å². The first-order valence-electron chi connectivity index (χ1n) is 5.59. The van der Waals surface area contributed by atoms with Gasteiger partial charge in [0.2, 0.25) is 5.91 Å². The molecule has 78 valence electrons. The topological polar surface area (TPSA) is 20.3 Å². The van der Waals surface area contributed by atoms with Gasteiger partial charge >= 0.3 is 0 Å². The quantitative estimate of drug-likeness (QED) is 0.629. The summed E-state index contributed by atoms with van der Waals surface area (Å²) in [4.78, 5) is 13.6. The molecule has 15 heavy (non-hydrogen) atoms. The molecule has 1 unspecified atom stereocenters. The minimum absolute atomic E-state index is 0.0354. The first-order chi connectivity index (χ1) is 7.24. The second kappa shape index (κ2) is 2.84. The Morgan fingerprint density at radius 2 is 1.93 bits per heavy atom. The van der Waals surface area contributed by atoms with E-state index in [1.54, 1.807) is 0 Å². The Balaban J connectivity index is 2.13. The van der Waals surface area contributed by atoms with E-state index in [1.807, 2.05) is 11.9 Å². The van der Waals surface area contributed by atoms with Gasteiger partial charge in [-0.05, 0) is 30.4 Å². The van der Waals surface area contributed by atoms with Crippen LogP contribution in [0.4, 0.5) is 0 Å². The van der Waals surface area contributed by atoms with Gasteiger partial charge in [0.05, 0.1) is 5.54 Å². The van der Waals surface area contributed by atoms with Crippen LogP contribution in [-0.2, 0) is 16.8 Å². The molecule has 1 spiro atoms. The van der Waals surface area contributed by atoms with Crippen LogP contribution in [0.25, 0.3) is 0 Å². The van der Waals surface area contributed by atoms with E-state index in [-0.39, 0.29) is 5.54 Å². The predicted molar refractivity (Wildman–Crippen MR) is 58.4 cm³/mol. The molecule has 1 aliphatic carbocycles. The van der Waals surface area contributed by atoms with Crippen LogP contribution >= 0.6 is 0 Å². The molecule has 1 aromatic carbocycles. The lowest BCUT2D eigenvalue weighted by Gasteiger charge is -2.33. The van der Waals surface area contributed by atoms with E-state index in [0.717, 1.165) is 19.3 Å². The van der Waals surface area contributed by atoms with Gasteiger partial charge < -0.3 is 4.90 Å². The van der Waals surface area contributed by atoms with E-state index in [2.05, 4.69) is 24.3 Å². The monoisotopic (exact) mass is 201 g/mol. The summed E-state index contributed by atoms with van der Waals surface area (Å²) in [6, 6.07) is 8.56. The molecule has 0 bridgehead atoms. The third-order valence-electron chi connectivity index (χ3n) is 4.10. The van der Waals surface area contributed by atoms with E-state index in [1.165, 1.54) is 11.1 Å². The van der Waals surface area contributed by atoms with E-state index < -0.39 is 0 Å². The third-order valence-corrected chi connectivity index (χ3v) is 4.10.